The highest BCUT2D eigenvalue weighted by atomic mass is 35.5. The van der Waals surface area contributed by atoms with Crippen molar-refractivity contribution in [2.24, 2.45) is 0 Å². The van der Waals surface area contributed by atoms with Gasteiger partial charge in [-0.1, -0.05) is 54.1 Å². The normalized spacial score (nSPS) is 11.9. The molecule has 0 spiro atoms. The molecule has 0 aliphatic carbocycles. The van der Waals surface area contributed by atoms with Gasteiger partial charge < -0.3 is 10.4 Å². The minimum Gasteiger partial charge on any atom is -0.396 e. The Bertz CT molecular complexity index is 599. The van der Waals surface area contributed by atoms with Gasteiger partial charge in [-0.15, -0.1) is 0 Å². The number of aliphatic hydroxyl groups is 1. The molecule has 0 bridgehead atoms. The van der Waals surface area contributed by atoms with Gasteiger partial charge >= 0.3 is 0 Å². The maximum Gasteiger partial charge on any atom is 0.220 e. The van der Waals surface area contributed by atoms with E-state index in [1.54, 1.807) is 0 Å². The zero-order valence-electron chi connectivity index (χ0n) is 13.0. The Morgan fingerprint density at radius 3 is 2.43 bits per heavy atom. The standard InChI is InChI=1S/C19H22ClNO2/c20-17-11-8-15(9-12-17)10-13-19(23)21-18(7-4-14-22)16-5-2-1-3-6-16/h1-3,5-6,8-9,11-12,18,22H,4,7,10,13-14H2,(H,21,23). The zero-order chi connectivity index (χ0) is 16.5. The van der Waals surface area contributed by atoms with Crippen molar-refractivity contribution in [2.75, 3.05) is 6.61 Å². The first-order chi connectivity index (χ1) is 11.2. The zero-order valence-corrected chi connectivity index (χ0v) is 13.8. The van der Waals surface area contributed by atoms with Gasteiger partial charge in [-0.3, -0.25) is 4.79 Å². The molecule has 0 heterocycles. The Labute approximate surface area is 142 Å². The van der Waals surface area contributed by atoms with Gasteiger partial charge in [-0.05, 0) is 42.5 Å². The van der Waals surface area contributed by atoms with Crippen LogP contribution in [0.25, 0.3) is 0 Å². The van der Waals surface area contributed by atoms with Crippen molar-refractivity contribution >= 4 is 17.5 Å². The van der Waals surface area contributed by atoms with Gasteiger partial charge in [0.05, 0.1) is 6.04 Å². The molecule has 1 unspecified atom stereocenters. The SMILES string of the molecule is O=C(CCc1ccc(Cl)cc1)NC(CCCO)c1ccccc1. The second kappa shape index (κ2) is 9.33. The number of amides is 1. The molecule has 2 aromatic rings. The van der Waals surface area contributed by atoms with E-state index >= 15 is 0 Å². The predicted molar refractivity (Wildman–Crippen MR) is 93.4 cm³/mol. The van der Waals surface area contributed by atoms with Crippen molar-refractivity contribution in [3.8, 4) is 0 Å². The number of hydrogen-bond acceptors (Lipinski definition) is 2. The van der Waals surface area contributed by atoms with Gasteiger partial charge in [0.2, 0.25) is 5.91 Å². The van der Waals surface area contributed by atoms with Crippen LogP contribution in [0.2, 0.25) is 5.02 Å². The molecule has 1 atom stereocenters. The molecular weight excluding hydrogens is 310 g/mol. The molecule has 2 aromatic carbocycles. The first-order valence-corrected chi connectivity index (χ1v) is 8.26. The first kappa shape index (κ1) is 17.5. The number of rotatable bonds is 8. The van der Waals surface area contributed by atoms with E-state index in [0.717, 1.165) is 17.5 Å². The average Bonchev–Trinajstić information content (AvgIpc) is 2.59. The fourth-order valence-electron chi connectivity index (χ4n) is 2.48. The maximum atomic E-state index is 12.2. The molecule has 1 amide bonds. The average molecular weight is 332 g/mol. The number of carbonyl (C=O) groups excluding carboxylic acids is 1. The van der Waals surface area contributed by atoms with Crippen LogP contribution in [0.1, 0.15) is 36.4 Å². The third-order valence-corrected chi connectivity index (χ3v) is 3.99. The number of benzene rings is 2. The van der Waals surface area contributed by atoms with Gasteiger partial charge in [0, 0.05) is 18.1 Å². The number of aryl methyl sites for hydroxylation is 1. The van der Waals surface area contributed by atoms with E-state index in [4.69, 9.17) is 16.7 Å². The van der Waals surface area contributed by atoms with Crippen LogP contribution < -0.4 is 5.32 Å². The summed E-state index contributed by atoms with van der Waals surface area (Å²) < 4.78 is 0. The molecular formula is C19H22ClNO2. The molecule has 0 saturated carbocycles. The molecule has 0 aromatic heterocycles. The summed E-state index contributed by atoms with van der Waals surface area (Å²) in [6.07, 6.45) is 2.51. The van der Waals surface area contributed by atoms with E-state index in [9.17, 15) is 4.79 Å². The number of aliphatic hydroxyl groups excluding tert-OH is 1. The highest BCUT2D eigenvalue weighted by molar-refractivity contribution is 6.30. The smallest absolute Gasteiger partial charge is 0.220 e. The van der Waals surface area contributed by atoms with E-state index in [0.29, 0.717) is 24.3 Å². The molecule has 0 aliphatic rings. The maximum absolute atomic E-state index is 12.2. The van der Waals surface area contributed by atoms with Gasteiger partial charge in [0.25, 0.3) is 0 Å². The summed E-state index contributed by atoms with van der Waals surface area (Å²) >= 11 is 5.86. The third-order valence-electron chi connectivity index (χ3n) is 3.74. The molecule has 23 heavy (non-hydrogen) atoms. The van der Waals surface area contributed by atoms with E-state index in [-0.39, 0.29) is 18.6 Å². The predicted octanol–water partition coefficient (Wildman–Crippen LogP) is 3.90. The Morgan fingerprint density at radius 1 is 1.09 bits per heavy atom. The van der Waals surface area contributed by atoms with E-state index in [1.165, 1.54) is 0 Å². The topological polar surface area (TPSA) is 49.3 Å². The van der Waals surface area contributed by atoms with Crippen LogP contribution in [-0.2, 0) is 11.2 Å². The van der Waals surface area contributed by atoms with Gasteiger partial charge in [-0.2, -0.15) is 0 Å². The highest BCUT2D eigenvalue weighted by Gasteiger charge is 2.14. The van der Waals surface area contributed by atoms with Gasteiger partial charge in [-0.25, -0.2) is 0 Å². The van der Waals surface area contributed by atoms with Gasteiger partial charge in [0.1, 0.15) is 0 Å². The van der Waals surface area contributed by atoms with Crippen molar-refractivity contribution in [3.63, 3.8) is 0 Å². The van der Waals surface area contributed by atoms with Crippen molar-refractivity contribution in [2.45, 2.75) is 31.7 Å². The molecule has 3 nitrogen and oxygen atoms in total. The van der Waals surface area contributed by atoms with Crippen molar-refractivity contribution < 1.29 is 9.90 Å². The summed E-state index contributed by atoms with van der Waals surface area (Å²) in [6, 6.07) is 17.4. The summed E-state index contributed by atoms with van der Waals surface area (Å²) in [7, 11) is 0. The third kappa shape index (κ3) is 6.05. The monoisotopic (exact) mass is 331 g/mol. The lowest BCUT2D eigenvalue weighted by Gasteiger charge is -2.19. The van der Waals surface area contributed by atoms with Crippen LogP contribution in [0.3, 0.4) is 0 Å². The lowest BCUT2D eigenvalue weighted by atomic mass is 10.0. The highest BCUT2D eigenvalue weighted by Crippen LogP contribution is 2.18. The van der Waals surface area contributed by atoms with Crippen molar-refractivity contribution in [1.82, 2.24) is 5.32 Å². The summed E-state index contributed by atoms with van der Waals surface area (Å²) in [6.45, 7) is 0.129. The van der Waals surface area contributed by atoms with Crippen LogP contribution in [0, 0.1) is 0 Å². The summed E-state index contributed by atoms with van der Waals surface area (Å²) in [5.41, 5.74) is 2.16. The lowest BCUT2D eigenvalue weighted by molar-refractivity contribution is -0.121. The van der Waals surface area contributed by atoms with Gasteiger partial charge in [0.15, 0.2) is 0 Å². The molecule has 0 fully saturated rings. The molecule has 4 heteroatoms. The minimum atomic E-state index is -0.0546. The molecule has 0 aliphatic heterocycles. The molecule has 0 radical (unpaired) electrons. The Morgan fingerprint density at radius 2 is 1.78 bits per heavy atom. The van der Waals surface area contributed by atoms with E-state index < -0.39 is 0 Å². The Kier molecular flexibility index (Phi) is 7.11. The van der Waals surface area contributed by atoms with Crippen LogP contribution in [0.5, 0.6) is 0 Å². The van der Waals surface area contributed by atoms with Crippen molar-refractivity contribution in [3.05, 3.63) is 70.7 Å². The minimum absolute atomic E-state index is 0.0201. The van der Waals surface area contributed by atoms with Crippen LogP contribution in [-0.4, -0.2) is 17.6 Å². The van der Waals surface area contributed by atoms with E-state index in [1.807, 2.05) is 54.6 Å². The van der Waals surface area contributed by atoms with Crippen molar-refractivity contribution in [1.29, 1.82) is 0 Å². The fourth-order valence-corrected chi connectivity index (χ4v) is 2.60. The van der Waals surface area contributed by atoms with Crippen LogP contribution >= 0.6 is 11.6 Å². The molecule has 122 valence electrons. The fraction of sp³-hybridized carbons (Fsp3) is 0.316. The molecule has 2 N–H and O–H groups in total. The quantitative estimate of drug-likeness (QED) is 0.770. The van der Waals surface area contributed by atoms with Crippen LogP contribution in [0.4, 0.5) is 0 Å². The summed E-state index contributed by atoms with van der Waals surface area (Å²) in [5.74, 6) is 0.0201. The molecule has 0 saturated heterocycles. The number of carbonyl (C=O) groups is 1. The Balaban J connectivity index is 1.90. The summed E-state index contributed by atoms with van der Waals surface area (Å²) in [4.78, 5) is 12.2. The lowest BCUT2D eigenvalue weighted by Crippen LogP contribution is -2.29. The van der Waals surface area contributed by atoms with Crippen LogP contribution in [0.15, 0.2) is 54.6 Å². The largest absolute Gasteiger partial charge is 0.396 e. The number of halogens is 1. The Hall–Kier alpha value is -1.84. The number of nitrogens with one attached hydrogen (secondary N) is 1. The number of hydrogen-bond donors (Lipinski definition) is 2. The first-order valence-electron chi connectivity index (χ1n) is 7.88. The summed E-state index contributed by atoms with van der Waals surface area (Å²) in [5, 5.41) is 12.8. The second-order valence-corrected chi connectivity index (χ2v) is 5.96. The second-order valence-electron chi connectivity index (χ2n) is 5.52. The van der Waals surface area contributed by atoms with E-state index in [2.05, 4.69) is 5.32 Å². The molecule has 2 rings (SSSR count).